The van der Waals surface area contributed by atoms with Crippen molar-refractivity contribution in [2.75, 3.05) is 13.7 Å². The number of amides is 1. The van der Waals surface area contributed by atoms with Gasteiger partial charge in [-0.2, -0.15) is 0 Å². The number of hydrogen-bond donors (Lipinski definition) is 0. The largest absolute Gasteiger partial charge is 0.469 e. The Morgan fingerprint density at radius 1 is 1.39 bits per heavy atom. The van der Waals surface area contributed by atoms with Crippen molar-refractivity contribution in [2.45, 2.75) is 24.7 Å². The van der Waals surface area contributed by atoms with E-state index in [9.17, 15) is 9.59 Å². The molecule has 0 radical (unpaired) electrons. The molecule has 23 heavy (non-hydrogen) atoms. The quantitative estimate of drug-likeness (QED) is 0.629. The summed E-state index contributed by atoms with van der Waals surface area (Å²) >= 11 is 0. The highest BCUT2D eigenvalue weighted by Crippen LogP contribution is 2.53. The molecule has 0 aromatic heterocycles. The molecule has 4 rings (SSSR count). The van der Waals surface area contributed by atoms with Crippen molar-refractivity contribution in [1.82, 2.24) is 4.90 Å². The van der Waals surface area contributed by atoms with Gasteiger partial charge >= 0.3 is 5.97 Å². The van der Waals surface area contributed by atoms with E-state index in [1.165, 1.54) is 7.11 Å². The van der Waals surface area contributed by atoms with Gasteiger partial charge in [-0.25, -0.2) is 0 Å². The van der Waals surface area contributed by atoms with Gasteiger partial charge in [-0.15, -0.1) is 0 Å². The van der Waals surface area contributed by atoms with Crippen LogP contribution >= 0.6 is 0 Å². The van der Waals surface area contributed by atoms with Gasteiger partial charge in [0.2, 0.25) is 5.91 Å². The molecular formula is C18H19NO4. The van der Waals surface area contributed by atoms with E-state index in [-0.39, 0.29) is 24.0 Å². The Labute approximate surface area is 134 Å². The average Bonchev–Trinajstić information content (AvgIpc) is 3.22. The molecule has 120 valence electrons. The third-order valence-electron chi connectivity index (χ3n) is 5.35. The van der Waals surface area contributed by atoms with Crippen LogP contribution in [0.25, 0.3) is 0 Å². The molecule has 1 spiro atoms. The van der Waals surface area contributed by atoms with E-state index in [1.807, 2.05) is 54.3 Å². The van der Waals surface area contributed by atoms with Crippen molar-refractivity contribution in [3.63, 3.8) is 0 Å². The maximum absolute atomic E-state index is 13.0. The molecular weight excluding hydrogens is 294 g/mol. The first-order chi connectivity index (χ1) is 11.1. The Bertz CT molecular complexity index is 686. The third kappa shape index (κ3) is 1.89. The van der Waals surface area contributed by atoms with Gasteiger partial charge in [-0.1, -0.05) is 42.5 Å². The van der Waals surface area contributed by atoms with Crippen LogP contribution in [0.3, 0.4) is 0 Å². The summed E-state index contributed by atoms with van der Waals surface area (Å²) < 4.78 is 10.9. The Hall–Kier alpha value is -2.14. The molecule has 0 saturated carbocycles. The first kappa shape index (κ1) is 14.5. The first-order valence-electron chi connectivity index (χ1n) is 7.88. The number of rotatable bonds is 3. The van der Waals surface area contributed by atoms with Crippen molar-refractivity contribution in [3.8, 4) is 0 Å². The van der Waals surface area contributed by atoms with Gasteiger partial charge in [0.15, 0.2) is 0 Å². The summed E-state index contributed by atoms with van der Waals surface area (Å²) in [6.07, 6.45) is 3.50. The van der Waals surface area contributed by atoms with Crippen molar-refractivity contribution >= 4 is 11.9 Å². The second kappa shape index (κ2) is 4.93. The van der Waals surface area contributed by atoms with E-state index in [4.69, 9.17) is 9.47 Å². The predicted molar refractivity (Wildman–Crippen MR) is 82.3 cm³/mol. The van der Waals surface area contributed by atoms with Gasteiger partial charge in [0.25, 0.3) is 0 Å². The second-order valence-electron chi connectivity index (χ2n) is 6.48. The molecule has 1 aromatic rings. The van der Waals surface area contributed by atoms with Gasteiger partial charge in [0.1, 0.15) is 11.5 Å². The summed E-state index contributed by atoms with van der Waals surface area (Å²) in [6, 6.07) is 9.84. The van der Waals surface area contributed by atoms with Crippen molar-refractivity contribution in [1.29, 1.82) is 0 Å². The molecule has 1 amide bonds. The van der Waals surface area contributed by atoms with E-state index in [1.54, 1.807) is 0 Å². The van der Waals surface area contributed by atoms with Gasteiger partial charge in [0, 0.05) is 0 Å². The number of ether oxygens (including phenoxy) is 2. The lowest BCUT2D eigenvalue weighted by Crippen LogP contribution is -2.39. The number of methoxy groups -OCH3 is 1. The number of benzene rings is 1. The highest BCUT2D eigenvalue weighted by molar-refractivity contribution is 5.91. The summed E-state index contributed by atoms with van der Waals surface area (Å²) in [5.41, 5.74) is 0.397. The molecule has 2 saturated heterocycles. The zero-order chi connectivity index (χ0) is 16.2. The fraction of sp³-hybridized carbons (Fsp3) is 0.444. The molecule has 0 unspecified atom stereocenters. The zero-order valence-corrected chi connectivity index (χ0v) is 13.1. The highest BCUT2D eigenvalue weighted by Gasteiger charge is 2.67. The van der Waals surface area contributed by atoms with Crippen LogP contribution in [0.15, 0.2) is 42.5 Å². The minimum Gasteiger partial charge on any atom is -0.469 e. The molecule has 2 fully saturated rings. The average molecular weight is 313 g/mol. The van der Waals surface area contributed by atoms with Gasteiger partial charge < -0.3 is 14.4 Å². The fourth-order valence-corrected chi connectivity index (χ4v) is 4.17. The molecule has 3 heterocycles. The van der Waals surface area contributed by atoms with Crippen LogP contribution in [0.5, 0.6) is 0 Å². The van der Waals surface area contributed by atoms with E-state index < -0.39 is 17.4 Å². The Kier molecular flexibility index (Phi) is 3.10. The molecule has 3 aliphatic heterocycles. The fourth-order valence-electron chi connectivity index (χ4n) is 4.17. The number of carbonyl (C=O) groups is 2. The van der Waals surface area contributed by atoms with Crippen molar-refractivity contribution < 1.29 is 19.1 Å². The lowest BCUT2D eigenvalue weighted by atomic mass is 9.77. The minimum atomic E-state index is -0.677. The molecule has 1 aromatic carbocycles. The molecule has 0 aliphatic carbocycles. The van der Waals surface area contributed by atoms with Crippen LogP contribution in [0, 0.1) is 11.8 Å². The van der Waals surface area contributed by atoms with Crippen LogP contribution in [-0.2, 0) is 19.1 Å². The standard InChI is InChI=1S/C18H19NO4/c1-11(12-6-4-3-5-7-12)19-10-18-9-8-13(23-18)14(17(21)22-2)15(18)16(19)20/h3-9,11,13-15H,10H2,1-2H3/t11-,13+,14-,15-,18+/m1/s1. The second-order valence-corrected chi connectivity index (χ2v) is 6.48. The number of carbonyl (C=O) groups excluding carboxylic acids is 2. The van der Waals surface area contributed by atoms with Gasteiger partial charge in [-0.3, -0.25) is 9.59 Å². The maximum atomic E-state index is 13.0. The Balaban J connectivity index is 1.67. The minimum absolute atomic E-state index is 0.0244. The van der Waals surface area contributed by atoms with Gasteiger partial charge in [0.05, 0.1) is 31.7 Å². The van der Waals surface area contributed by atoms with Crippen LogP contribution < -0.4 is 0 Å². The first-order valence-corrected chi connectivity index (χ1v) is 7.88. The molecule has 3 aliphatic rings. The zero-order valence-electron chi connectivity index (χ0n) is 13.1. The Morgan fingerprint density at radius 2 is 2.13 bits per heavy atom. The summed E-state index contributed by atoms with van der Waals surface area (Å²) in [4.78, 5) is 27.0. The highest BCUT2D eigenvalue weighted by atomic mass is 16.5. The number of fused-ring (bicyclic) bond motifs is 1. The molecule has 2 bridgehead atoms. The van der Waals surface area contributed by atoms with Crippen LogP contribution in [0.2, 0.25) is 0 Å². The van der Waals surface area contributed by atoms with Crippen molar-refractivity contribution in [3.05, 3.63) is 48.0 Å². The molecule has 5 atom stereocenters. The molecule has 0 N–H and O–H groups in total. The SMILES string of the molecule is COC(=O)[C@@H]1[C@@H]2C=C[C@@]3(CN([C@H](C)c4ccccc4)C(=O)[C@@H]13)O2. The summed E-state index contributed by atoms with van der Waals surface area (Å²) in [7, 11) is 1.36. The predicted octanol–water partition coefficient (Wildman–Crippen LogP) is 1.70. The van der Waals surface area contributed by atoms with E-state index in [0.717, 1.165) is 5.56 Å². The Morgan fingerprint density at radius 3 is 2.83 bits per heavy atom. The van der Waals surface area contributed by atoms with E-state index in [2.05, 4.69) is 0 Å². The van der Waals surface area contributed by atoms with E-state index in [0.29, 0.717) is 6.54 Å². The summed E-state index contributed by atoms with van der Waals surface area (Å²) in [6.45, 7) is 2.49. The molecule has 5 heteroatoms. The number of hydrogen-bond acceptors (Lipinski definition) is 4. The van der Waals surface area contributed by atoms with Crippen LogP contribution in [-0.4, -0.2) is 42.1 Å². The topological polar surface area (TPSA) is 55.8 Å². The van der Waals surface area contributed by atoms with Gasteiger partial charge in [-0.05, 0) is 12.5 Å². The maximum Gasteiger partial charge on any atom is 0.312 e. The number of nitrogens with zero attached hydrogens (tertiary/aromatic N) is 1. The number of esters is 1. The van der Waals surface area contributed by atoms with Crippen molar-refractivity contribution in [2.24, 2.45) is 11.8 Å². The van der Waals surface area contributed by atoms with E-state index >= 15 is 0 Å². The molecule has 5 nitrogen and oxygen atoms in total. The normalized spacial score (nSPS) is 35.5. The monoisotopic (exact) mass is 313 g/mol. The summed E-state index contributed by atoms with van der Waals surface area (Å²) in [5.74, 6) is -1.40. The lowest BCUT2D eigenvalue weighted by molar-refractivity contribution is -0.151. The van der Waals surface area contributed by atoms with Crippen LogP contribution in [0.4, 0.5) is 0 Å². The van der Waals surface area contributed by atoms with Crippen LogP contribution in [0.1, 0.15) is 18.5 Å². The number of likely N-dealkylation sites (tertiary alicyclic amines) is 1. The smallest absolute Gasteiger partial charge is 0.312 e. The third-order valence-corrected chi connectivity index (χ3v) is 5.35. The summed E-state index contributed by atoms with van der Waals surface area (Å²) in [5, 5.41) is 0. The lowest BCUT2D eigenvalue weighted by Gasteiger charge is -2.27.